The van der Waals surface area contributed by atoms with E-state index < -0.39 is 5.97 Å². The van der Waals surface area contributed by atoms with E-state index in [-0.39, 0.29) is 12.4 Å². The van der Waals surface area contributed by atoms with Gasteiger partial charge in [0, 0.05) is 5.56 Å². The first-order valence-corrected chi connectivity index (χ1v) is 6.10. The smallest absolute Gasteiger partial charge is 0.338 e. The molecule has 0 fully saturated rings. The van der Waals surface area contributed by atoms with Crippen LogP contribution in [0.1, 0.15) is 20.7 Å². The lowest BCUT2D eigenvalue weighted by Gasteiger charge is -2.05. The van der Waals surface area contributed by atoms with Gasteiger partial charge in [-0.05, 0) is 36.4 Å². The highest BCUT2D eigenvalue weighted by atomic mass is 16.5. The van der Waals surface area contributed by atoms with E-state index in [0.717, 1.165) is 0 Å². The number of hydrogen-bond donors (Lipinski definition) is 0. The van der Waals surface area contributed by atoms with Crippen LogP contribution in [0.3, 0.4) is 0 Å². The van der Waals surface area contributed by atoms with Crippen LogP contribution in [0.25, 0.3) is 0 Å². The first-order chi connectivity index (χ1) is 9.70. The zero-order valence-electron chi connectivity index (χ0n) is 11.0. The highest BCUT2D eigenvalue weighted by molar-refractivity contribution is 5.99. The van der Waals surface area contributed by atoms with E-state index in [4.69, 9.17) is 9.47 Å². The minimum atomic E-state index is -0.507. The number of carbonyl (C=O) groups is 2. The van der Waals surface area contributed by atoms with Gasteiger partial charge in [-0.15, -0.1) is 0 Å². The second-order valence-electron chi connectivity index (χ2n) is 4.09. The summed E-state index contributed by atoms with van der Waals surface area (Å²) in [7, 11) is 1.55. The summed E-state index contributed by atoms with van der Waals surface area (Å²) in [5.41, 5.74) is 0.904. The van der Waals surface area contributed by atoms with E-state index in [2.05, 4.69) is 0 Å². The third kappa shape index (κ3) is 3.45. The Bertz CT molecular complexity index is 588. The normalized spacial score (nSPS) is 9.85. The number of hydrogen-bond acceptors (Lipinski definition) is 4. The zero-order valence-corrected chi connectivity index (χ0v) is 11.0. The van der Waals surface area contributed by atoms with Crippen molar-refractivity contribution in [3.05, 3.63) is 65.7 Å². The zero-order chi connectivity index (χ0) is 14.4. The number of ketones is 1. The van der Waals surface area contributed by atoms with Crippen molar-refractivity contribution in [2.75, 3.05) is 13.7 Å². The number of ether oxygens (including phenoxy) is 2. The lowest BCUT2D eigenvalue weighted by molar-refractivity contribution is 0.0474. The molecule has 0 aliphatic heterocycles. The number of rotatable bonds is 5. The van der Waals surface area contributed by atoms with Crippen molar-refractivity contribution >= 4 is 11.8 Å². The van der Waals surface area contributed by atoms with E-state index in [1.807, 2.05) is 0 Å². The van der Waals surface area contributed by atoms with Gasteiger partial charge in [0.15, 0.2) is 12.4 Å². The Morgan fingerprint density at radius 3 is 2.15 bits per heavy atom. The predicted molar refractivity (Wildman–Crippen MR) is 74.0 cm³/mol. The molecule has 0 atom stereocenters. The Morgan fingerprint density at radius 2 is 1.55 bits per heavy atom. The summed E-state index contributed by atoms with van der Waals surface area (Å²) in [5, 5.41) is 0. The minimum absolute atomic E-state index is 0.253. The fourth-order valence-corrected chi connectivity index (χ4v) is 1.65. The highest BCUT2D eigenvalue weighted by Gasteiger charge is 2.11. The van der Waals surface area contributed by atoms with E-state index in [1.165, 1.54) is 0 Å². The maximum absolute atomic E-state index is 11.9. The van der Waals surface area contributed by atoms with Crippen molar-refractivity contribution in [3.63, 3.8) is 0 Å². The van der Waals surface area contributed by atoms with Gasteiger partial charge in [0.1, 0.15) is 5.75 Å². The molecule has 0 amide bonds. The van der Waals surface area contributed by atoms with Gasteiger partial charge in [0.2, 0.25) is 0 Å². The van der Waals surface area contributed by atoms with Crippen molar-refractivity contribution in [1.29, 1.82) is 0 Å². The van der Waals surface area contributed by atoms with Gasteiger partial charge in [-0.25, -0.2) is 4.79 Å². The van der Waals surface area contributed by atoms with Crippen molar-refractivity contribution in [2.45, 2.75) is 0 Å². The third-order valence-corrected chi connectivity index (χ3v) is 2.76. The Balaban J connectivity index is 1.93. The van der Waals surface area contributed by atoms with Crippen molar-refractivity contribution in [3.8, 4) is 5.75 Å². The summed E-state index contributed by atoms with van der Waals surface area (Å²) < 4.78 is 9.99. The number of benzene rings is 2. The van der Waals surface area contributed by atoms with Gasteiger partial charge < -0.3 is 9.47 Å². The lowest BCUT2D eigenvalue weighted by Crippen LogP contribution is -2.14. The Labute approximate surface area is 116 Å². The standard InChI is InChI=1S/C16H14O4/c1-19-14-9-7-12(8-10-14)15(17)11-20-16(18)13-5-3-2-4-6-13/h2-10H,11H2,1H3. The third-order valence-electron chi connectivity index (χ3n) is 2.76. The first-order valence-electron chi connectivity index (χ1n) is 6.10. The summed E-state index contributed by atoms with van der Waals surface area (Å²) in [5.74, 6) is -0.0905. The molecule has 0 saturated heterocycles. The fraction of sp³-hybridized carbons (Fsp3) is 0.125. The van der Waals surface area contributed by atoms with Gasteiger partial charge in [0.05, 0.1) is 12.7 Å². The van der Waals surface area contributed by atoms with Crippen LogP contribution >= 0.6 is 0 Å². The van der Waals surface area contributed by atoms with Crippen LogP contribution in [-0.2, 0) is 4.74 Å². The molecule has 0 bridgehead atoms. The van der Waals surface area contributed by atoms with Crippen LogP contribution in [-0.4, -0.2) is 25.5 Å². The van der Waals surface area contributed by atoms with Crippen LogP contribution in [0, 0.1) is 0 Å². The average molecular weight is 270 g/mol. The molecule has 4 nitrogen and oxygen atoms in total. The Hall–Kier alpha value is -2.62. The molecule has 0 unspecified atom stereocenters. The second-order valence-corrected chi connectivity index (χ2v) is 4.09. The molecule has 2 aromatic carbocycles. The largest absolute Gasteiger partial charge is 0.497 e. The molecule has 0 aliphatic carbocycles. The monoisotopic (exact) mass is 270 g/mol. The minimum Gasteiger partial charge on any atom is -0.497 e. The quantitative estimate of drug-likeness (QED) is 0.619. The van der Waals surface area contributed by atoms with Crippen LogP contribution in [0.2, 0.25) is 0 Å². The molecule has 0 spiro atoms. The molecule has 0 aliphatic rings. The molecule has 20 heavy (non-hydrogen) atoms. The van der Waals surface area contributed by atoms with Crippen LogP contribution in [0.5, 0.6) is 5.75 Å². The molecule has 0 saturated carbocycles. The summed E-state index contributed by atoms with van der Waals surface area (Å²) in [6.07, 6.45) is 0. The lowest BCUT2D eigenvalue weighted by atomic mass is 10.1. The van der Waals surface area contributed by atoms with Gasteiger partial charge in [-0.3, -0.25) is 4.79 Å². The van der Waals surface area contributed by atoms with Gasteiger partial charge in [0.25, 0.3) is 0 Å². The van der Waals surface area contributed by atoms with E-state index in [9.17, 15) is 9.59 Å². The Kier molecular flexibility index (Phi) is 4.50. The highest BCUT2D eigenvalue weighted by Crippen LogP contribution is 2.12. The molecule has 0 heterocycles. The van der Waals surface area contributed by atoms with Crippen LogP contribution in [0.15, 0.2) is 54.6 Å². The first kappa shape index (κ1) is 13.8. The maximum atomic E-state index is 11.9. The number of esters is 1. The molecule has 0 N–H and O–H groups in total. The van der Waals surface area contributed by atoms with Crippen molar-refractivity contribution in [2.24, 2.45) is 0 Å². The summed E-state index contributed by atoms with van der Waals surface area (Å²) in [6.45, 7) is -0.278. The van der Waals surface area contributed by atoms with Gasteiger partial charge in [-0.1, -0.05) is 18.2 Å². The van der Waals surface area contributed by atoms with Crippen molar-refractivity contribution in [1.82, 2.24) is 0 Å². The van der Waals surface area contributed by atoms with Crippen LogP contribution < -0.4 is 4.74 Å². The molecular formula is C16H14O4. The number of carbonyl (C=O) groups excluding carboxylic acids is 2. The van der Waals surface area contributed by atoms with E-state index in [0.29, 0.717) is 16.9 Å². The molecule has 0 radical (unpaired) electrons. The molecular weight excluding hydrogens is 256 g/mol. The summed E-state index contributed by atoms with van der Waals surface area (Å²) in [6, 6.07) is 15.2. The van der Waals surface area contributed by atoms with Crippen molar-refractivity contribution < 1.29 is 19.1 Å². The van der Waals surface area contributed by atoms with Gasteiger partial charge in [-0.2, -0.15) is 0 Å². The van der Waals surface area contributed by atoms with Crippen LogP contribution in [0.4, 0.5) is 0 Å². The molecule has 102 valence electrons. The van der Waals surface area contributed by atoms with E-state index in [1.54, 1.807) is 61.7 Å². The summed E-state index contributed by atoms with van der Waals surface area (Å²) >= 11 is 0. The SMILES string of the molecule is COc1ccc(C(=O)COC(=O)c2ccccc2)cc1. The maximum Gasteiger partial charge on any atom is 0.338 e. The van der Waals surface area contributed by atoms with E-state index >= 15 is 0 Å². The topological polar surface area (TPSA) is 52.6 Å². The fourth-order valence-electron chi connectivity index (χ4n) is 1.65. The Morgan fingerprint density at radius 1 is 0.900 bits per heavy atom. The molecule has 0 aromatic heterocycles. The molecule has 4 heteroatoms. The number of methoxy groups -OCH3 is 1. The second kappa shape index (κ2) is 6.52. The van der Waals surface area contributed by atoms with Gasteiger partial charge >= 0.3 is 5.97 Å². The predicted octanol–water partition coefficient (Wildman–Crippen LogP) is 2.73. The number of Topliss-reactive ketones (excluding diaryl/α,β-unsaturated/α-hetero) is 1. The molecule has 2 rings (SSSR count). The summed E-state index contributed by atoms with van der Waals surface area (Å²) in [4.78, 5) is 23.5. The average Bonchev–Trinajstić information content (AvgIpc) is 2.53. The molecule has 2 aromatic rings.